The largest absolute Gasteiger partial charge is 0.326 e. The molecule has 0 unspecified atom stereocenters. The van der Waals surface area contributed by atoms with Gasteiger partial charge in [0.05, 0.1) is 0 Å². The number of aromatic nitrogens is 1. The van der Waals surface area contributed by atoms with Gasteiger partial charge in [-0.25, -0.2) is 0 Å². The standard InChI is InChI=1S/C6H7ClN2O/c7-5-1-4(3-8)2-6(10)9-5/h1-2H,3,8H2,(H,9,10). The van der Waals surface area contributed by atoms with Crippen LogP contribution in [0.4, 0.5) is 0 Å². The Kier molecular flexibility index (Phi) is 2.09. The normalized spacial score (nSPS) is 9.80. The zero-order valence-corrected chi connectivity index (χ0v) is 5.98. The molecule has 0 aliphatic carbocycles. The Morgan fingerprint density at radius 3 is 2.80 bits per heavy atom. The molecule has 0 amide bonds. The van der Waals surface area contributed by atoms with Crippen molar-refractivity contribution in [2.75, 3.05) is 0 Å². The molecule has 1 rings (SSSR count). The molecule has 0 saturated carbocycles. The Hall–Kier alpha value is -0.800. The minimum atomic E-state index is -0.215. The molecule has 1 aromatic heterocycles. The fourth-order valence-corrected chi connectivity index (χ4v) is 0.914. The van der Waals surface area contributed by atoms with E-state index in [9.17, 15) is 4.79 Å². The first-order valence-corrected chi connectivity index (χ1v) is 3.19. The van der Waals surface area contributed by atoms with Crippen LogP contribution in [-0.4, -0.2) is 4.98 Å². The second kappa shape index (κ2) is 2.86. The molecule has 0 bridgehead atoms. The molecule has 0 radical (unpaired) electrons. The van der Waals surface area contributed by atoms with Gasteiger partial charge >= 0.3 is 0 Å². The molecule has 1 aromatic rings. The highest BCUT2D eigenvalue weighted by molar-refractivity contribution is 6.29. The Morgan fingerprint density at radius 2 is 2.30 bits per heavy atom. The number of H-pyrrole nitrogens is 1. The molecule has 0 spiro atoms. The van der Waals surface area contributed by atoms with Crippen LogP contribution in [0, 0.1) is 0 Å². The zero-order chi connectivity index (χ0) is 7.56. The first-order chi connectivity index (χ1) is 4.72. The van der Waals surface area contributed by atoms with Crippen LogP contribution >= 0.6 is 11.6 Å². The summed E-state index contributed by atoms with van der Waals surface area (Å²) in [5.41, 5.74) is 5.81. The predicted molar refractivity (Wildman–Crippen MR) is 40.0 cm³/mol. The van der Waals surface area contributed by atoms with Crippen molar-refractivity contribution in [1.82, 2.24) is 4.98 Å². The molecule has 3 nitrogen and oxygen atoms in total. The Labute approximate surface area is 62.8 Å². The highest BCUT2D eigenvalue weighted by Crippen LogP contribution is 2.02. The molecular weight excluding hydrogens is 152 g/mol. The van der Waals surface area contributed by atoms with E-state index in [4.69, 9.17) is 17.3 Å². The first-order valence-electron chi connectivity index (χ1n) is 2.81. The fourth-order valence-electron chi connectivity index (χ4n) is 0.681. The molecule has 0 fully saturated rings. The second-order valence-electron chi connectivity index (χ2n) is 1.90. The molecule has 0 saturated heterocycles. The van der Waals surface area contributed by atoms with E-state index in [1.54, 1.807) is 6.07 Å². The predicted octanol–water partition coefficient (Wildman–Crippen LogP) is 0.487. The average molecular weight is 159 g/mol. The van der Waals surface area contributed by atoms with Crippen molar-refractivity contribution in [2.24, 2.45) is 5.73 Å². The molecule has 0 atom stereocenters. The summed E-state index contributed by atoms with van der Waals surface area (Å²) in [6, 6.07) is 3.05. The van der Waals surface area contributed by atoms with Gasteiger partial charge in [0.1, 0.15) is 5.15 Å². The Bertz CT molecular complexity index is 281. The number of aromatic amines is 1. The quantitative estimate of drug-likeness (QED) is 0.585. The number of nitrogens with two attached hydrogens (primary N) is 1. The topological polar surface area (TPSA) is 58.9 Å². The van der Waals surface area contributed by atoms with Crippen LogP contribution in [0.1, 0.15) is 5.56 Å². The lowest BCUT2D eigenvalue weighted by molar-refractivity contribution is 1.05. The van der Waals surface area contributed by atoms with E-state index < -0.39 is 0 Å². The van der Waals surface area contributed by atoms with Crippen LogP contribution in [0.3, 0.4) is 0 Å². The van der Waals surface area contributed by atoms with Crippen molar-refractivity contribution in [1.29, 1.82) is 0 Å². The third kappa shape index (κ3) is 1.59. The molecule has 10 heavy (non-hydrogen) atoms. The highest BCUT2D eigenvalue weighted by Gasteiger charge is 1.92. The minimum Gasteiger partial charge on any atom is -0.326 e. The van der Waals surface area contributed by atoms with Crippen molar-refractivity contribution in [2.45, 2.75) is 6.54 Å². The highest BCUT2D eigenvalue weighted by atomic mass is 35.5. The molecule has 54 valence electrons. The summed E-state index contributed by atoms with van der Waals surface area (Å²) < 4.78 is 0. The van der Waals surface area contributed by atoms with Gasteiger partial charge in [-0.15, -0.1) is 0 Å². The number of halogens is 1. The zero-order valence-electron chi connectivity index (χ0n) is 5.23. The van der Waals surface area contributed by atoms with E-state index in [1.807, 2.05) is 0 Å². The SMILES string of the molecule is NCc1cc(Cl)[nH]c(=O)c1. The molecule has 4 heteroatoms. The molecule has 0 aliphatic rings. The van der Waals surface area contributed by atoms with Gasteiger partial charge in [0.15, 0.2) is 0 Å². The van der Waals surface area contributed by atoms with Crippen LogP contribution in [0.25, 0.3) is 0 Å². The fraction of sp³-hybridized carbons (Fsp3) is 0.167. The van der Waals surface area contributed by atoms with Crippen molar-refractivity contribution in [3.05, 3.63) is 33.2 Å². The summed E-state index contributed by atoms with van der Waals surface area (Å²) in [6.45, 7) is 0.337. The lowest BCUT2D eigenvalue weighted by Gasteiger charge is -1.94. The number of pyridine rings is 1. The van der Waals surface area contributed by atoms with Gasteiger partial charge in [-0.2, -0.15) is 0 Å². The Morgan fingerprint density at radius 1 is 1.60 bits per heavy atom. The number of nitrogens with one attached hydrogen (secondary N) is 1. The van der Waals surface area contributed by atoms with E-state index in [1.165, 1.54) is 6.07 Å². The number of hydrogen-bond donors (Lipinski definition) is 2. The van der Waals surface area contributed by atoms with E-state index in [0.29, 0.717) is 11.7 Å². The van der Waals surface area contributed by atoms with Gasteiger partial charge in [-0.3, -0.25) is 4.79 Å². The van der Waals surface area contributed by atoms with E-state index in [0.717, 1.165) is 5.56 Å². The number of hydrogen-bond acceptors (Lipinski definition) is 2. The van der Waals surface area contributed by atoms with Gasteiger partial charge in [-0.1, -0.05) is 11.6 Å². The van der Waals surface area contributed by atoms with Crippen LogP contribution < -0.4 is 11.3 Å². The van der Waals surface area contributed by atoms with Crippen molar-refractivity contribution < 1.29 is 0 Å². The summed E-state index contributed by atoms with van der Waals surface area (Å²) in [5.74, 6) is 0. The van der Waals surface area contributed by atoms with Gasteiger partial charge in [-0.05, 0) is 11.6 Å². The maximum atomic E-state index is 10.7. The monoisotopic (exact) mass is 158 g/mol. The van der Waals surface area contributed by atoms with Gasteiger partial charge in [0.2, 0.25) is 5.56 Å². The molecule has 3 N–H and O–H groups in total. The van der Waals surface area contributed by atoms with Crippen molar-refractivity contribution in [3.63, 3.8) is 0 Å². The minimum absolute atomic E-state index is 0.215. The van der Waals surface area contributed by atoms with E-state index in [2.05, 4.69) is 4.98 Å². The molecule has 0 aliphatic heterocycles. The van der Waals surface area contributed by atoms with Crippen LogP contribution in [0.5, 0.6) is 0 Å². The molecular formula is C6H7ClN2O. The lowest BCUT2D eigenvalue weighted by Crippen LogP contribution is -2.07. The lowest BCUT2D eigenvalue weighted by atomic mass is 10.3. The number of rotatable bonds is 1. The summed E-state index contributed by atoms with van der Waals surface area (Å²) in [5, 5.41) is 0.327. The maximum absolute atomic E-state index is 10.7. The van der Waals surface area contributed by atoms with E-state index >= 15 is 0 Å². The summed E-state index contributed by atoms with van der Waals surface area (Å²) in [7, 11) is 0. The first kappa shape index (κ1) is 7.31. The average Bonchev–Trinajstić information content (AvgIpc) is 1.85. The van der Waals surface area contributed by atoms with Crippen molar-refractivity contribution >= 4 is 11.6 Å². The second-order valence-corrected chi connectivity index (χ2v) is 2.31. The van der Waals surface area contributed by atoms with E-state index in [-0.39, 0.29) is 5.56 Å². The van der Waals surface area contributed by atoms with Crippen LogP contribution in [-0.2, 0) is 6.54 Å². The van der Waals surface area contributed by atoms with Gasteiger partial charge in [0, 0.05) is 12.6 Å². The van der Waals surface area contributed by atoms with Gasteiger partial charge in [0.25, 0.3) is 0 Å². The maximum Gasteiger partial charge on any atom is 0.249 e. The summed E-state index contributed by atoms with van der Waals surface area (Å²) in [4.78, 5) is 13.1. The Balaban J connectivity index is 3.19. The van der Waals surface area contributed by atoms with Crippen LogP contribution in [0.2, 0.25) is 5.15 Å². The van der Waals surface area contributed by atoms with Crippen LogP contribution in [0.15, 0.2) is 16.9 Å². The smallest absolute Gasteiger partial charge is 0.249 e. The summed E-state index contributed by atoms with van der Waals surface area (Å²) >= 11 is 5.52. The third-order valence-electron chi connectivity index (χ3n) is 1.11. The molecule has 1 heterocycles. The summed E-state index contributed by atoms with van der Waals surface area (Å²) in [6.07, 6.45) is 0. The molecule has 0 aromatic carbocycles. The third-order valence-corrected chi connectivity index (χ3v) is 1.31. The van der Waals surface area contributed by atoms with Crippen molar-refractivity contribution in [3.8, 4) is 0 Å². The van der Waals surface area contributed by atoms with Gasteiger partial charge < -0.3 is 10.7 Å².